The van der Waals surface area contributed by atoms with Gasteiger partial charge in [-0.05, 0) is 30.2 Å². The van der Waals surface area contributed by atoms with Crippen molar-refractivity contribution in [1.82, 2.24) is 4.90 Å². The first-order valence-corrected chi connectivity index (χ1v) is 9.87. The number of hydrogen-bond donors (Lipinski definition) is 1. The van der Waals surface area contributed by atoms with Crippen molar-refractivity contribution in [3.8, 4) is 17.2 Å². The molecule has 0 saturated heterocycles. The number of methoxy groups -OCH3 is 1. The van der Waals surface area contributed by atoms with Crippen LogP contribution in [0.25, 0.3) is 0 Å². The molecule has 0 aromatic heterocycles. The van der Waals surface area contributed by atoms with Gasteiger partial charge in [-0.15, -0.1) is 0 Å². The molecule has 3 atom stereocenters. The van der Waals surface area contributed by atoms with Crippen LogP contribution in [0, 0.1) is 0 Å². The molecule has 0 fully saturated rings. The maximum atomic E-state index is 12.9. The quantitative estimate of drug-likeness (QED) is 0.792. The van der Waals surface area contributed by atoms with Crippen molar-refractivity contribution in [3.05, 3.63) is 65.7 Å². The highest BCUT2D eigenvalue weighted by atomic mass is 16.6. The molecule has 6 heteroatoms. The van der Waals surface area contributed by atoms with E-state index >= 15 is 0 Å². The molecular formula is C23H23NO5. The molecule has 0 bridgehead atoms. The third-order valence-electron chi connectivity index (χ3n) is 6.16. The summed E-state index contributed by atoms with van der Waals surface area (Å²) >= 11 is 0. The lowest BCUT2D eigenvalue weighted by atomic mass is 9.69. The van der Waals surface area contributed by atoms with Crippen molar-refractivity contribution in [1.29, 1.82) is 0 Å². The van der Waals surface area contributed by atoms with Crippen LogP contribution in [0.3, 0.4) is 0 Å². The van der Waals surface area contributed by atoms with Gasteiger partial charge in [0.05, 0.1) is 18.6 Å². The second-order valence-electron chi connectivity index (χ2n) is 7.79. The molecule has 29 heavy (non-hydrogen) atoms. The van der Waals surface area contributed by atoms with Gasteiger partial charge in [-0.25, -0.2) is 4.79 Å². The lowest BCUT2D eigenvalue weighted by Gasteiger charge is -2.35. The Morgan fingerprint density at radius 1 is 1.24 bits per heavy atom. The molecule has 2 aliphatic heterocycles. The summed E-state index contributed by atoms with van der Waals surface area (Å²) < 4.78 is 17.4. The predicted octanol–water partition coefficient (Wildman–Crippen LogP) is 3.42. The van der Waals surface area contributed by atoms with Gasteiger partial charge in [0, 0.05) is 25.1 Å². The molecule has 1 N–H and O–H groups in total. The van der Waals surface area contributed by atoms with Crippen LogP contribution in [0.5, 0.6) is 17.2 Å². The van der Waals surface area contributed by atoms with Crippen LogP contribution in [0.15, 0.2) is 54.6 Å². The molecule has 2 aromatic carbocycles. The summed E-state index contributed by atoms with van der Waals surface area (Å²) in [5.74, 6) is 1.94. The molecule has 1 spiro atoms. The lowest BCUT2D eigenvalue weighted by Crippen LogP contribution is -2.43. The number of aliphatic hydroxyl groups is 1. The SMILES string of the molecule is COc1ccc2c3c1OC1CC(O)C=CC31CCN(C(=O)Oc1ccccc1)C2. The van der Waals surface area contributed by atoms with E-state index in [1.54, 1.807) is 24.1 Å². The zero-order chi connectivity index (χ0) is 20.0. The molecule has 3 aliphatic rings. The maximum absolute atomic E-state index is 12.9. The first-order chi connectivity index (χ1) is 14.1. The largest absolute Gasteiger partial charge is 0.493 e. The van der Waals surface area contributed by atoms with E-state index < -0.39 is 6.10 Å². The smallest absolute Gasteiger partial charge is 0.415 e. The number of para-hydroxylation sites is 1. The number of carbonyl (C=O) groups excluding carboxylic acids is 1. The average molecular weight is 393 g/mol. The van der Waals surface area contributed by atoms with E-state index in [4.69, 9.17) is 14.2 Å². The number of benzene rings is 2. The van der Waals surface area contributed by atoms with Crippen LogP contribution in [-0.2, 0) is 12.0 Å². The van der Waals surface area contributed by atoms with Gasteiger partial charge >= 0.3 is 6.09 Å². The van der Waals surface area contributed by atoms with Crippen molar-refractivity contribution < 1.29 is 24.1 Å². The molecular weight excluding hydrogens is 370 g/mol. The van der Waals surface area contributed by atoms with Gasteiger partial charge in [0.2, 0.25) is 0 Å². The fourth-order valence-corrected chi connectivity index (χ4v) is 4.75. The Bertz CT molecular complexity index is 973. The van der Waals surface area contributed by atoms with Gasteiger partial charge in [0.15, 0.2) is 11.5 Å². The van der Waals surface area contributed by atoms with E-state index in [1.165, 1.54) is 0 Å². The van der Waals surface area contributed by atoms with E-state index in [-0.39, 0.29) is 17.6 Å². The van der Waals surface area contributed by atoms with Crippen LogP contribution >= 0.6 is 0 Å². The first kappa shape index (κ1) is 18.1. The van der Waals surface area contributed by atoms with Gasteiger partial charge in [0.1, 0.15) is 11.9 Å². The number of hydrogen-bond acceptors (Lipinski definition) is 5. The summed E-state index contributed by atoms with van der Waals surface area (Å²) in [6, 6.07) is 13.0. The highest BCUT2D eigenvalue weighted by Gasteiger charge is 2.53. The fraction of sp³-hybridized carbons (Fsp3) is 0.348. The third-order valence-corrected chi connectivity index (χ3v) is 6.16. The molecule has 0 radical (unpaired) electrons. The molecule has 2 aromatic rings. The number of nitrogens with zero attached hydrogens (tertiary/aromatic N) is 1. The van der Waals surface area contributed by atoms with Crippen LogP contribution < -0.4 is 14.2 Å². The van der Waals surface area contributed by atoms with Gasteiger partial charge < -0.3 is 24.2 Å². The Labute approximate surface area is 169 Å². The molecule has 0 saturated carbocycles. The van der Waals surface area contributed by atoms with Gasteiger partial charge in [0.25, 0.3) is 0 Å². The zero-order valence-corrected chi connectivity index (χ0v) is 16.2. The van der Waals surface area contributed by atoms with Crippen molar-refractivity contribution in [2.75, 3.05) is 13.7 Å². The Morgan fingerprint density at radius 2 is 2.07 bits per heavy atom. The van der Waals surface area contributed by atoms with E-state index in [2.05, 4.69) is 6.08 Å². The van der Waals surface area contributed by atoms with Crippen molar-refractivity contribution in [2.24, 2.45) is 0 Å². The van der Waals surface area contributed by atoms with Crippen molar-refractivity contribution in [3.63, 3.8) is 0 Å². The van der Waals surface area contributed by atoms with Crippen LogP contribution in [0.1, 0.15) is 24.0 Å². The number of carbonyl (C=O) groups is 1. The van der Waals surface area contributed by atoms with Crippen LogP contribution in [0.4, 0.5) is 4.79 Å². The minimum absolute atomic E-state index is 0.183. The first-order valence-electron chi connectivity index (χ1n) is 9.87. The molecule has 6 nitrogen and oxygen atoms in total. The summed E-state index contributed by atoms with van der Waals surface area (Å²) in [5, 5.41) is 10.2. The predicted molar refractivity (Wildman–Crippen MR) is 106 cm³/mol. The van der Waals surface area contributed by atoms with Gasteiger partial charge in [-0.1, -0.05) is 36.4 Å². The second-order valence-corrected chi connectivity index (χ2v) is 7.79. The molecule has 5 rings (SSSR count). The van der Waals surface area contributed by atoms with E-state index in [1.807, 2.05) is 36.4 Å². The number of amides is 1. The van der Waals surface area contributed by atoms with E-state index in [0.29, 0.717) is 37.4 Å². The molecule has 1 aliphatic carbocycles. The maximum Gasteiger partial charge on any atom is 0.415 e. The second kappa shape index (κ2) is 6.81. The fourth-order valence-electron chi connectivity index (χ4n) is 4.75. The Morgan fingerprint density at radius 3 is 2.86 bits per heavy atom. The summed E-state index contributed by atoms with van der Waals surface area (Å²) in [6.07, 6.45) is 4.03. The summed E-state index contributed by atoms with van der Waals surface area (Å²) in [4.78, 5) is 14.6. The van der Waals surface area contributed by atoms with Gasteiger partial charge in [-0.3, -0.25) is 0 Å². The normalized spacial score (nSPS) is 26.8. The van der Waals surface area contributed by atoms with Crippen LogP contribution in [-0.4, -0.2) is 42.0 Å². The summed E-state index contributed by atoms with van der Waals surface area (Å²) in [7, 11) is 1.63. The van der Waals surface area contributed by atoms with Gasteiger partial charge in [-0.2, -0.15) is 0 Å². The highest BCUT2D eigenvalue weighted by Crippen LogP contribution is 2.55. The zero-order valence-electron chi connectivity index (χ0n) is 16.2. The standard InChI is InChI=1S/C23H23NO5/c1-27-18-8-7-15-14-24(22(26)28-17-5-3-2-4-6-17)12-11-23-10-9-16(25)13-19(23)29-21(18)20(15)23/h2-10,16,19,25H,11-14H2,1H3. The minimum atomic E-state index is -0.531. The average Bonchev–Trinajstić information content (AvgIpc) is 2.96. The third kappa shape index (κ3) is 2.86. The molecule has 3 unspecified atom stereocenters. The number of rotatable bonds is 2. The van der Waals surface area contributed by atoms with Crippen molar-refractivity contribution >= 4 is 6.09 Å². The summed E-state index contributed by atoms with van der Waals surface area (Å²) in [6.45, 7) is 0.967. The number of aliphatic hydroxyl groups excluding tert-OH is 1. The number of ether oxygens (including phenoxy) is 3. The van der Waals surface area contributed by atoms with E-state index in [0.717, 1.165) is 16.9 Å². The Hall–Kier alpha value is -2.99. The molecule has 150 valence electrons. The highest BCUT2D eigenvalue weighted by molar-refractivity contribution is 5.72. The Balaban J connectivity index is 1.52. The topological polar surface area (TPSA) is 68.2 Å². The molecule has 1 amide bonds. The minimum Gasteiger partial charge on any atom is -0.493 e. The summed E-state index contributed by atoms with van der Waals surface area (Å²) in [5.41, 5.74) is 1.71. The molecule has 2 heterocycles. The van der Waals surface area contributed by atoms with E-state index in [9.17, 15) is 9.90 Å². The van der Waals surface area contributed by atoms with Crippen molar-refractivity contribution in [2.45, 2.75) is 37.0 Å². The Kier molecular flexibility index (Phi) is 4.24. The lowest BCUT2D eigenvalue weighted by molar-refractivity contribution is 0.0804. The monoisotopic (exact) mass is 393 g/mol. The van der Waals surface area contributed by atoms with Crippen LogP contribution in [0.2, 0.25) is 0 Å².